The second-order valence-electron chi connectivity index (χ2n) is 8.38. The van der Waals surface area contributed by atoms with Crippen LogP contribution in [0.15, 0.2) is 103 Å². The van der Waals surface area contributed by atoms with Gasteiger partial charge in [-0.25, -0.2) is 15.0 Å². The summed E-state index contributed by atoms with van der Waals surface area (Å²) < 4.78 is 24.0. The molecule has 0 aromatic heterocycles. The van der Waals surface area contributed by atoms with Crippen LogP contribution in [-0.4, -0.2) is 37.8 Å². The number of ether oxygens (including phenoxy) is 4. The van der Waals surface area contributed by atoms with Crippen molar-refractivity contribution in [2.24, 2.45) is 5.10 Å². The third-order valence-corrected chi connectivity index (χ3v) is 7.11. The molecule has 42 heavy (non-hydrogen) atoms. The molecule has 0 bridgehead atoms. The molecule has 0 saturated heterocycles. The van der Waals surface area contributed by atoms with Crippen molar-refractivity contribution in [3.63, 3.8) is 0 Å². The number of nitrogens with one attached hydrogen (secondary N) is 1. The number of benzene rings is 4. The van der Waals surface area contributed by atoms with Crippen molar-refractivity contribution in [2.75, 3.05) is 13.7 Å². The molecule has 4 aromatic carbocycles. The Morgan fingerprint density at radius 2 is 1.31 bits per heavy atom. The number of methoxy groups -OCH3 is 1. The fourth-order valence-corrected chi connectivity index (χ4v) is 4.34. The molecule has 0 aliphatic heterocycles. The quantitative estimate of drug-likeness (QED) is 0.0806. The molecule has 0 atom stereocenters. The SMILES string of the molecule is COc1ccc(OCC(=O)NN=Cc2ccc(OC(=O)c3ccc(Br)cc3)c(OC(=O)c3ccc(Br)cc3)c2)c(Br)c1. The number of carbonyl (C=O) groups excluding carboxylic acids is 3. The van der Waals surface area contributed by atoms with E-state index in [9.17, 15) is 14.4 Å². The molecule has 214 valence electrons. The Morgan fingerprint density at radius 1 is 0.738 bits per heavy atom. The van der Waals surface area contributed by atoms with Crippen LogP contribution >= 0.6 is 47.8 Å². The first-order valence-corrected chi connectivity index (χ1v) is 14.5. The zero-order valence-electron chi connectivity index (χ0n) is 21.8. The van der Waals surface area contributed by atoms with Gasteiger partial charge in [0, 0.05) is 8.95 Å². The Balaban J connectivity index is 1.46. The summed E-state index contributed by atoms with van der Waals surface area (Å²) in [5.74, 6) is -0.701. The van der Waals surface area contributed by atoms with E-state index >= 15 is 0 Å². The number of hydrogen-bond donors (Lipinski definition) is 1. The number of halogens is 3. The monoisotopic (exact) mass is 758 g/mol. The van der Waals surface area contributed by atoms with Crippen LogP contribution in [0.3, 0.4) is 0 Å². The number of nitrogens with zero attached hydrogens (tertiary/aromatic N) is 1. The summed E-state index contributed by atoms with van der Waals surface area (Å²) in [6.45, 7) is -0.288. The van der Waals surface area contributed by atoms with Gasteiger partial charge in [0.2, 0.25) is 0 Å². The van der Waals surface area contributed by atoms with E-state index in [1.165, 1.54) is 18.3 Å². The Labute approximate surface area is 266 Å². The maximum absolute atomic E-state index is 12.8. The van der Waals surface area contributed by atoms with Crippen LogP contribution < -0.4 is 24.4 Å². The fraction of sp³-hybridized carbons (Fsp3) is 0.0667. The Bertz CT molecular complexity index is 1630. The van der Waals surface area contributed by atoms with E-state index in [1.54, 1.807) is 79.9 Å². The summed E-state index contributed by atoms with van der Waals surface area (Å²) in [7, 11) is 1.55. The van der Waals surface area contributed by atoms with Crippen molar-refractivity contribution in [1.82, 2.24) is 5.43 Å². The molecule has 4 rings (SSSR count). The molecule has 0 fully saturated rings. The van der Waals surface area contributed by atoms with E-state index in [2.05, 4.69) is 58.3 Å². The Hall–Kier alpha value is -4.00. The van der Waals surface area contributed by atoms with E-state index in [0.29, 0.717) is 32.7 Å². The minimum absolute atomic E-state index is 0.0173. The van der Waals surface area contributed by atoms with Gasteiger partial charge in [-0.3, -0.25) is 4.79 Å². The molecular formula is C30H21Br3N2O7. The molecular weight excluding hydrogens is 740 g/mol. The smallest absolute Gasteiger partial charge is 0.343 e. The first-order valence-electron chi connectivity index (χ1n) is 12.1. The number of amides is 1. The predicted molar refractivity (Wildman–Crippen MR) is 167 cm³/mol. The lowest BCUT2D eigenvalue weighted by atomic mass is 10.2. The normalized spacial score (nSPS) is 10.7. The van der Waals surface area contributed by atoms with Crippen LogP contribution in [-0.2, 0) is 4.79 Å². The van der Waals surface area contributed by atoms with Crippen LogP contribution in [0.5, 0.6) is 23.0 Å². The van der Waals surface area contributed by atoms with Crippen LogP contribution in [0.25, 0.3) is 0 Å². The summed E-state index contributed by atoms with van der Waals surface area (Å²) in [5, 5.41) is 3.94. The molecule has 12 heteroatoms. The van der Waals surface area contributed by atoms with Crippen molar-refractivity contribution in [3.05, 3.63) is 115 Å². The highest BCUT2D eigenvalue weighted by atomic mass is 79.9. The predicted octanol–water partition coefficient (Wildman–Crippen LogP) is 6.95. The standard InChI is InChI=1S/C30H21Br3N2O7/c1-39-23-11-13-25(24(33)15-23)40-17-28(36)35-34-16-18-2-12-26(41-29(37)19-3-7-21(31)8-4-19)27(14-18)42-30(38)20-5-9-22(32)10-6-20/h2-16H,17H2,1H3,(H,35,36). The van der Waals surface area contributed by atoms with Gasteiger partial charge >= 0.3 is 11.9 Å². The van der Waals surface area contributed by atoms with Crippen molar-refractivity contribution >= 4 is 71.9 Å². The molecule has 0 unspecified atom stereocenters. The summed E-state index contributed by atoms with van der Waals surface area (Å²) in [6.07, 6.45) is 1.35. The largest absolute Gasteiger partial charge is 0.497 e. The Kier molecular flexibility index (Phi) is 10.9. The average molecular weight is 761 g/mol. The second-order valence-corrected chi connectivity index (χ2v) is 11.1. The van der Waals surface area contributed by atoms with E-state index in [4.69, 9.17) is 18.9 Å². The molecule has 0 radical (unpaired) electrons. The van der Waals surface area contributed by atoms with Gasteiger partial charge in [0.05, 0.1) is 28.9 Å². The van der Waals surface area contributed by atoms with Gasteiger partial charge in [0.15, 0.2) is 18.1 Å². The molecule has 9 nitrogen and oxygen atoms in total. The van der Waals surface area contributed by atoms with Crippen LogP contribution in [0.1, 0.15) is 26.3 Å². The lowest BCUT2D eigenvalue weighted by Gasteiger charge is -2.12. The molecule has 0 saturated carbocycles. The third kappa shape index (κ3) is 8.75. The Morgan fingerprint density at radius 3 is 1.88 bits per heavy atom. The molecule has 0 spiro atoms. The van der Waals surface area contributed by atoms with Crippen molar-refractivity contribution in [3.8, 4) is 23.0 Å². The van der Waals surface area contributed by atoms with E-state index in [-0.39, 0.29) is 18.1 Å². The van der Waals surface area contributed by atoms with Crippen molar-refractivity contribution in [2.45, 2.75) is 0 Å². The zero-order chi connectivity index (χ0) is 30.1. The molecule has 0 aliphatic rings. The third-order valence-electron chi connectivity index (χ3n) is 5.43. The maximum Gasteiger partial charge on any atom is 0.343 e. The summed E-state index contributed by atoms with van der Waals surface area (Å²) in [5.41, 5.74) is 3.42. The topological polar surface area (TPSA) is 113 Å². The molecule has 1 N–H and O–H groups in total. The number of rotatable bonds is 10. The van der Waals surface area contributed by atoms with Gasteiger partial charge in [0.25, 0.3) is 5.91 Å². The average Bonchev–Trinajstić information content (AvgIpc) is 2.98. The number of hydrogen-bond acceptors (Lipinski definition) is 8. The first-order chi connectivity index (χ1) is 20.2. The lowest BCUT2D eigenvalue weighted by molar-refractivity contribution is -0.123. The number of carbonyl (C=O) groups is 3. The van der Waals surface area contributed by atoms with Crippen LogP contribution in [0.2, 0.25) is 0 Å². The van der Waals surface area contributed by atoms with Gasteiger partial charge in [-0.1, -0.05) is 31.9 Å². The molecule has 1 amide bonds. The van der Waals surface area contributed by atoms with Crippen molar-refractivity contribution < 1.29 is 33.3 Å². The summed E-state index contributed by atoms with van der Waals surface area (Å²) in [6, 6.07) is 22.8. The van der Waals surface area contributed by atoms with Gasteiger partial charge in [-0.15, -0.1) is 0 Å². The highest BCUT2D eigenvalue weighted by molar-refractivity contribution is 9.11. The fourth-order valence-electron chi connectivity index (χ4n) is 3.34. The molecule has 0 aliphatic carbocycles. The lowest BCUT2D eigenvalue weighted by Crippen LogP contribution is -2.24. The van der Waals surface area contributed by atoms with E-state index < -0.39 is 17.8 Å². The summed E-state index contributed by atoms with van der Waals surface area (Å²) >= 11 is 10.0. The van der Waals surface area contributed by atoms with Gasteiger partial charge in [-0.2, -0.15) is 5.10 Å². The van der Waals surface area contributed by atoms with Gasteiger partial charge < -0.3 is 18.9 Å². The highest BCUT2D eigenvalue weighted by Crippen LogP contribution is 2.31. The molecule has 0 heterocycles. The van der Waals surface area contributed by atoms with Gasteiger partial charge in [0.1, 0.15) is 11.5 Å². The van der Waals surface area contributed by atoms with Crippen LogP contribution in [0, 0.1) is 0 Å². The second kappa shape index (κ2) is 14.8. The highest BCUT2D eigenvalue weighted by Gasteiger charge is 2.17. The molecule has 4 aromatic rings. The first kappa shape index (κ1) is 30.9. The number of esters is 2. The zero-order valence-corrected chi connectivity index (χ0v) is 26.6. The van der Waals surface area contributed by atoms with Gasteiger partial charge in [-0.05, 0) is 106 Å². The number of hydrazone groups is 1. The maximum atomic E-state index is 12.8. The minimum atomic E-state index is -0.660. The summed E-state index contributed by atoms with van der Waals surface area (Å²) in [4.78, 5) is 37.8. The van der Waals surface area contributed by atoms with E-state index in [0.717, 1.165) is 8.95 Å². The minimum Gasteiger partial charge on any atom is -0.497 e. The van der Waals surface area contributed by atoms with Crippen molar-refractivity contribution in [1.29, 1.82) is 0 Å². The van der Waals surface area contributed by atoms with Crippen LogP contribution in [0.4, 0.5) is 0 Å². The van der Waals surface area contributed by atoms with E-state index in [1.807, 2.05) is 0 Å².